The summed E-state index contributed by atoms with van der Waals surface area (Å²) < 4.78 is 29.6. The molecular weight excluding hydrogens is 365 g/mol. The number of amides is 1. The van der Waals surface area contributed by atoms with Gasteiger partial charge in [0.1, 0.15) is 19.0 Å². The van der Waals surface area contributed by atoms with Crippen molar-refractivity contribution in [3.63, 3.8) is 0 Å². The third-order valence-corrected chi connectivity index (χ3v) is 4.86. The molecule has 142 valence electrons. The number of carbonyl (C=O) groups excluding carboxylic acids is 1. The van der Waals surface area contributed by atoms with Crippen molar-refractivity contribution in [2.45, 2.75) is 12.3 Å². The second-order valence-electron chi connectivity index (χ2n) is 6.70. The van der Waals surface area contributed by atoms with Crippen LogP contribution >= 0.6 is 0 Å². The van der Waals surface area contributed by atoms with Crippen LogP contribution in [0.2, 0.25) is 0 Å². The quantitative estimate of drug-likeness (QED) is 0.694. The fourth-order valence-electron chi connectivity index (χ4n) is 3.44. The molecule has 2 aromatic carbocycles. The summed E-state index contributed by atoms with van der Waals surface area (Å²) in [4.78, 5) is 18.6. The monoisotopic (exact) mass is 381 g/mol. The third-order valence-electron chi connectivity index (χ3n) is 4.86. The number of hydrogen-bond acceptors (Lipinski definition) is 6. The normalized spacial score (nSPS) is 18.5. The molecule has 28 heavy (non-hydrogen) atoms. The van der Waals surface area contributed by atoms with Gasteiger partial charge in [-0.1, -0.05) is 5.16 Å². The lowest BCUT2D eigenvalue weighted by atomic mass is 10.1. The Morgan fingerprint density at radius 2 is 1.82 bits per heavy atom. The van der Waals surface area contributed by atoms with E-state index in [1.54, 1.807) is 17.0 Å². The SMILES string of the molecule is O=C1CC(c2nc(-c3ccc(F)cc3)no2)CN1c1ccc2c(c1)OCCO2. The first-order valence-corrected chi connectivity index (χ1v) is 8.97. The molecule has 3 aromatic rings. The summed E-state index contributed by atoms with van der Waals surface area (Å²) in [5, 5.41) is 3.97. The predicted octanol–water partition coefficient (Wildman–Crippen LogP) is 3.17. The van der Waals surface area contributed by atoms with Crippen molar-refractivity contribution < 1.29 is 23.2 Å². The molecule has 0 radical (unpaired) electrons. The number of anilines is 1. The average Bonchev–Trinajstić information content (AvgIpc) is 3.35. The molecule has 0 saturated carbocycles. The number of hydrogen-bond donors (Lipinski definition) is 0. The molecule has 2 aliphatic rings. The van der Waals surface area contributed by atoms with E-state index in [1.807, 2.05) is 18.2 Å². The van der Waals surface area contributed by atoms with Crippen molar-refractivity contribution in [1.82, 2.24) is 10.1 Å². The molecule has 1 aromatic heterocycles. The van der Waals surface area contributed by atoms with Gasteiger partial charge in [0.25, 0.3) is 0 Å². The Hall–Kier alpha value is -3.42. The van der Waals surface area contributed by atoms with E-state index in [0.29, 0.717) is 48.5 Å². The molecule has 1 saturated heterocycles. The van der Waals surface area contributed by atoms with Crippen molar-refractivity contribution in [1.29, 1.82) is 0 Å². The molecule has 1 amide bonds. The maximum Gasteiger partial charge on any atom is 0.232 e. The van der Waals surface area contributed by atoms with E-state index in [9.17, 15) is 9.18 Å². The lowest BCUT2D eigenvalue weighted by Crippen LogP contribution is -2.24. The van der Waals surface area contributed by atoms with E-state index in [-0.39, 0.29) is 24.1 Å². The molecule has 1 unspecified atom stereocenters. The fraction of sp³-hybridized carbons (Fsp3) is 0.250. The summed E-state index contributed by atoms with van der Waals surface area (Å²) in [6.45, 7) is 1.44. The Labute approximate surface area is 159 Å². The molecule has 7 nitrogen and oxygen atoms in total. The van der Waals surface area contributed by atoms with E-state index in [1.165, 1.54) is 12.1 Å². The summed E-state index contributed by atoms with van der Waals surface area (Å²) in [6, 6.07) is 11.3. The van der Waals surface area contributed by atoms with Gasteiger partial charge < -0.3 is 18.9 Å². The average molecular weight is 381 g/mol. The van der Waals surface area contributed by atoms with Gasteiger partial charge in [-0.15, -0.1) is 0 Å². The van der Waals surface area contributed by atoms with Crippen molar-refractivity contribution in [3.8, 4) is 22.9 Å². The zero-order valence-electron chi connectivity index (χ0n) is 14.8. The highest BCUT2D eigenvalue weighted by molar-refractivity contribution is 5.96. The number of benzene rings is 2. The van der Waals surface area contributed by atoms with Crippen molar-refractivity contribution in [3.05, 3.63) is 54.2 Å². The maximum absolute atomic E-state index is 13.1. The van der Waals surface area contributed by atoms with Crippen LogP contribution in [-0.2, 0) is 4.79 Å². The zero-order valence-corrected chi connectivity index (χ0v) is 14.8. The van der Waals surface area contributed by atoms with Gasteiger partial charge in [-0.2, -0.15) is 4.98 Å². The van der Waals surface area contributed by atoms with E-state index in [0.717, 1.165) is 5.69 Å². The van der Waals surface area contributed by atoms with Crippen LogP contribution in [0, 0.1) is 5.82 Å². The summed E-state index contributed by atoms with van der Waals surface area (Å²) in [5.41, 5.74) is 1.40. The number of halogens is 1. The van der Waals surface area contributed by atoms with Crippen molar-refractivity contribution >= 4 is 11.6 Å². The molecule has 2 aliphatic heterocycles. The lowest BCUT2D eigenvalue weighted by molar-refractivity contribution is -0.117. The standard InChI is InChI=1S/C20H16FN3O4/c21-14-3-1-12(2-4-14)19-22-20(28-23-19)13-9-18(25)24(11-13)15-5-6-16-17(10-15)27-8-7-26-16/h1-6,10,13H,7-9,11H2. The molecule has 0 N–H and O–H groups in total. The van der Waals surface area contributed by atoms with Crippen LogP contribution < -0.4 is 14.4 Å². The molecule has 0 spiro atoms. The minimum absolute atomic E-state index is 0.0248. The van der Waals surface area contributed by atoms with Crippen LogP contribution in [0.3, 0.4) is 0 Å². The molecule has 3 heterocycles. The zero-order chi connectivity index (χ0) is 19.1. The van der Waals surface area contributed by atoms with Crippen LogP contribution in [-0.4, -0.2) is 35.8 Å². The molecular formula is C20H16FN3O4. The number of carbonyl (C=O) groups is 1. The maximum atomic E-state index is 13.1. The molecule has 0 aliphatic carbocycles. The molecule has 5 rings (SSSR count). The topological polar surface area (TPSA) is 77.7 Å². The first kappa shape index (κ1) is 16.7. The predicted molar refractivity (Wildman–Crippen MR) is 96.8 cm³/mol. The highest BCUT2D eigenvalue weighted by Gasteiger charge is 2.35. The number of fused-ring (bicyclic) bond motifs is 1. The van der Waals surface area contributed by atoms with E-state index in [2.05, 4.69) is 10.1 Å². The minimum atomic E-state index is -0.330. The minimum Gasteiger partial charge on any atom is -0.486 e. The smallest absolute Gasteiger partial charge is 0.232 e. The van der Waals surface area contributed by atoms with Gasteiger partial charge in [0.2, 0.25) is 17.6 Å². The lowest BCUT2D eigenvalue weighted by Gasteiger charge is -2.22. The number of aromatic nitrogens is 2. The Balaban J connectivity index is 1.36. The Morgan fingerprint density at radius 3 is 2.64 bits per heavy atom. The van der Waals surface area contributed by atoms with Crippen LogP contribution in [0.25, 0.3) is 11.4 Å². The van der Waals surface area contributed by atoms with Crippen LogP contribution in [0.15, 0.2) is 47.0 Å². The largest absolute Gasteiger partial charge is 0.486 e. The van der Waals surface area contributed by atoms with Crippen LogP contribution in [0.1, 0.15) is 18.2 Å². The Kier molecular flexibility index (Phi) is 3.96. The molecule has 8 heteroatoms. The number of rotatable bonds is 3. The van der Waals surface area contributed by atoms with Gasteiger partial charge in [0.15, 0.2) is 11.5 Å². The van der Waals surface area contributed by atoms with E-state index >= 15 is 0 Å². The summed E-state index contributed by atoms with van der Waals surface area (Å²) >= 11 is 0. The van der Waals surface area contributed by atoms with Gasteiger partial charge in [-0.25, -0.2) is 4.39 Å². The van der Waals surface area contributed by atoms with Gasteiger partial charge in [0, 0.05) is 30.3 Å². The highest BCUT2D eigenvalue weighted by Crippen LogP contribution is 2.37. The summed E-state index contributed by atoms with van der Waals surface area (Å²) in [5.74, 6) is 1.53. The third kappa shape index (κ3) is 2.96. The molecule has 1 atom stereocenters. The Bertz CT molecular complexity index is 1030. The van der Waals surface area contributed by atoms with Crippen molar-refractivity contribution in [2.24, 2.45) is 0 Å². The van der Waals surface area contributed by atoms with Crippen molar-refractivity contribution in [2.75, 3.05) is 24.7 Å². The highest BCUT2D eigenvalue weighted by atomic mass is 19.1. The first-order chi connectivity index (χ1) is 13.7. The van der Waals surface area contributed by atoms with Gasteiger partial charge in [-0.05, 0) is 36.4 Å². The first-order valence-electron chi connectivity index (χ1n) is 8.97. The second kappa shape index (κ2) is 6.63. The van der Waals surface area contributed by atoms with E-state index in [4.69, 9.17) is 14.0 Å². The second-order valence-corrected chi connectivity index (χ2v) is 6.70. The Morgan fingerprint density at radius 1 is 1.04 bits per heavy atom. The van der Waals surface area contributed by atoms with Gasteiger partial charge >= 0.3 is 0 Å². The summed E-state index contributed by atoms with van der Waals surface area (Å²) in [6.07, 6.45) is 0.277. The van der Waals surface area contributed by atoms with Gasteiger partial charge in [-0.3, -0.25) is 4.79 Å². The summed E-state index contributed by atoms with van der Waals surface area (Å²) in [7, 11) is 0. The number of nitrogens with zero attached hydrogens (tertiary/aromatic N) is 3. The van der Waals surface area contributed by atoms with E-state index < -0.39 is 0 Å². The molecule has 0 bridgehead atoms. The van der Waals surface area contributed by atoms with Gasteiger partial charge in [0.05, 0.1) is 5.92 Å². The fourth-order valence-corrected chi connectivity index (χ4v) is 3.44. The van der Waals surface area contributed by atoms with Crippen LogP contribution in [0.4, 0.5) is 10.1 Å². The number of ether oxygens (including phenoxy) is 2. The molecule has 1 fully saturated rings. The van der Waals surface area contributed by atoms with Crippen LogP contribution in [0.5, 0.6) is 11.5 Å².